The summed E-state index contributed by atoms with van der Waals surface area (Å²) in [7, 11) is 0. The van der Waals surface area contributed by atoms with Crippen LogP contribution in [0.4, 0.5) is 5.82 Å². The molecule has 4 N–H and O–H groups in total. The zero-order chi connectivity index (χ0) is 13.8. The molecule has 0 radical (unpaired) electrons. The third-order valence-corrected chi connectivity index (χ3v) is 3.39. The summed E-state index contributed by atoms with van der Waals surface area (Å²) in [6, 6.07) is 3.74. The van der Waals surface area contributed by atoms with Gasteiger partial charge in [-0.25, -0.2) is 4.98 Å². The number of piperazine rings is 1. The van der Waals surface area contributed by atoms with Crippen LogP contribution < -0.4 is 10.6 Å². The van der Waals surface area contributed by atoms with E-state index in [9.17, 15) is 0 Å². The second-order valence-electron chi connectivity index (χ2n) is 4.79. The van der Waals surface area contributed by atoms with Gasteiger partial charge in [0.25, 0.3) is 0 Å². The maximum Gasteiger partial charge on any atom is 0.139 e. The van der Waals surface area contributed by atoms with E-state index in [0.29, 0.717) is 12.1 Å². The first-order chi connectivity index (χ1) is 9.11. The zero-order valence-corrected chi connectivity index (χ0v) is 11.3. The molecule has 0 aromatic carbocycles. The number of nitrogens with two attached hydrogens (primary N) is 1. The molecule has 1 aromatic rings. The first-order valence-corrected chi connectivity index (χ1v) is 6.52. The normalized spacial score (nSPS) is 16.6. The highest BCUT2D eigenvalue weighted by Gasteiger charge is 2.20. The van der Waals surface area contributed by atoms with Crippen LogP contribution >= 0.6 is 0 Å². The molecule has 1 saturated heterocycles. The molecule has 0 aliphatic carbocycles. The van der Waals surface area contributed by atoms with Gasteiger partial charge in [0.1, 0.15) is 11.7 Å². The van der Waals surface area contributed by atoms with Crippen molar-refractivity contribution in [2.45, 2.75) is 6.92 Å². The van der Waals surface area contributed by atoms with Crippen molar-refractivity contribution in [3.63, 3.8) is 0 Å². The average molecular weight is 263 g/mol. The van der Waals surface area contributed by atoms with Crippen LogP contribution in [0.1, 0.15) is 11.3 Å². The molecule has 0 saturated carbocycles. The molecule has 0 spiro atoms. The van der Waals surface area contributed by atoms with Gasteiger partial charge in [-0.05, 0) is 19.1 Å². The number of β-amino-alcohol motifs (C(OH)–C–C–N with tert-alkyl or cyclic N) is 1. The monoisotopic (exact) mass is 263 g/mol. The molecule has 0 bridgehead atoms. The van der Waals surface area contributed by atoms with E-state index < -0.39 is 0 Å². The van der Waals surface area contributed by atoms with E-state index in [1.807, 2.05) is 19.1 Å². The second-order valence-corrected chi connectivity index (χ2v) is 4.79. The SMILES string of the molecule is Cc1ccc(C(=N)N)c(N2CCN(CCO)CC2)n1. The molecule has 0 atom stereocenters. The highest BCUT2D eigenvalue weighted by Crippen LogP contribution is 2.19. The van der Waals surface area contributed by atoms with Crippen molar-refractivity contribution in [1.29, 1.82) is 5.41 Å². The number of aryl methyl sites for hydroxylation is 1. The lowest BCUT2D eigenvalue weighted by Crippen LogP contribution is -2.48. The van der Waals surface area contributed by atoms with Gasteiger partial charge in [-0.3, -0.25) is 10.3 Å². The van der Waals surface area contributed by atoms with Crippen LogP contribution in [-0.4, -0.2) is 60.2 Å². The van der Waals surface area contributed by atoms with Crippen molar-refractivity contribution in [3.8, 4) is 0 Å². The Bertz CT molecular complexity index is 454. The van der Waals surface area contributed by atoms with E-state index >= 15 is 0 Å². The summed E-state index contributed by atoms with van der Waals surface area (Å²) in [5, 5.41) is 16.6. The smallest absolute Gasteiger partial charge is 0.139 e. The van der Waals surface area contributed by atoms with E-state index in [1.54, 1.807) is 0 Å². The van der Waals surface area contributed by atoms with Crippen molar-refractivity contribution in [2.24, 2.45) is 5.73 Å². The summed E-state index contributed by atoms with van der Waals surface area (Å²) in [6.07, 6.45) is 0. The van der Waals surface area contributed by atoms with Crippen LogP contribution in [0.3, 0.4) is 0 Å². The van der Waals surface area contributed by atoms with E-state index in [0.717, 1.165) is 37.7 Å². The Morgan fingerprint density at radius 3 is 2.63 bits per heavy atom. The lowest BCUT2D eigenvalue weighted by molar-refractivity contribution is 0.188. The minimum atomic E-state index is 0.0558. The average Bonchev–Trinajstić information content (AvgIpc) is 2.39. The van der Waals surface area contributed by atoms with Crippen LogP contribution in [0.15, 0.2) is 12.1 Å². The summed E-state index contributed by atoms with van der Waals surface area (Å²) >= 11 is 0. The number of rotatable bonds is 4. The Morgan fingerprint density at radius 1 is 1.37 bits per heavy atom. The Kier molecular flexibility index (Phi) is 4.34. The molecule has 0 unspecified atom stereocenters. The molecule has 1 aliphatic heterocycles. The highest BCUT2D eigenvalue weighted by molar-refractivity contribution is 5.99. The van der Waals surface area contributed by atoms with Gasteiger partial charge >= 0.3 is 0 Å². The maximum absolute atomic E-state index is 8.94. The summed E-state index contributed by atoms with van der Waals surface area (Å²) in [5.41, 5.74) is 7.24. The van der Waals surface area contributed by atoms with Crippen molar-refractivity contribution < 1.29 is 5.11 Å². The van der Waals surface area contributed by atoms with Gasteiger partial charge in [0, 0.05) is 38.4 Å². The zero-order valence-electron chi connectivity index (χ0n) is 11.3. The van der Waals surface area contributed by atoms with E-state index in [-0.39, 0.29) is 12.4 Å². The van der Waals surface area contributed by atoms with Gasteiger partial charge < -0.3 is 15.7 Å². The number of aliphatic hydroxyl groups excluding tert-OH is 1. The van der Waals surface area contributed by atoms with Crippen molar-refractivity contribution in [1.82, 2.24) is 9.88 Å². The molecule has 1 aromatic heterocycles. The van der Waals surface area contributed by atoms with Gasteiger partial charge in [-0.1, -0.05) is 0 Å². The summed E-state index contributed by atoms with van der Waals surface area (Å²) in [4.78, 5) is 8.91. The van der Waals surface area contributed by atoms with Gasteiger partial charge in [0.15, 0.2) is 0 Å². The first-order valence-electron chi connectivity index (χ1n) is 6.52. The summed E-state index contributed by atoms with van der Waals surface area (Å²) in [5.74, 6) is 0.858. The standard InChI is InChI=1S/C13H21N5O/c1-10-2-3-11(12(14)15)13(16-10)18-6-4-17(5-7-18)8-9-19/h2-3,19H,4-9H2,1H3,(H3,14,15). The third kappa shape index (κ3) is 3.21. The fourth-order valence-electron chi connectivity index (χ4n) is 2.32. The van der Waals surface area contributed by atoms with E-state index in [2.05, 4.69) is 14.8 Å². The second kappa shape index (κ2) is 5.99. The topological polar surface area (TPSA) is 89.5 Å². The Morgan fingerprint density at radius 2 is 2.05 bits per heavy atom. The summed E-state index contributed by atoms with van der Waals surface area (Å²) < 4.78 is 0. The highest BCUT2D eigenvalue weighted by atomic mass is 16.3. The van der Waals surface area contributed by atoms with Gasteiger partial charge in [-0.15, -0.1) is 0 Å². The Labute approximate surface area is 113 Å². The minimum absolute atomic E-state index is 0.0558. The number of pyridine rings is 1. The number of aromatic nitrogens is 1. The quantitative estimate of drug-likeness (QED) is 0.516. The van der Waals surface area contributed by atoms with Crippen LogP contribution in [-0.2, 0) is 0 Å². The molecule has 6 nitrogen and oxygen atoms in total. The molecular formula is C13H21N5O. The van der Waals surface area contributed by atoms with E-state index in [4.69, 9.17) is 16.2 Å². The lowest BCUT2D eigenvalue weighted by Gasteiger charge is -2.35. The predicted octanol–water partition coefficient (Wildman–Crippen LogP) is -0.212. The molecule has 1 fully saturated rings. The third-order valence-electron chi connectivity index (χ3n) is 3.39. The molecule has 2 rings (SSSR count). The molecule has 104 valence electrons. The number of nitrogens with zero attached hydrogens (tertiary/aromatic N) is 3. The Hall–Kier alpha value is -1.66. The van der Waals surface area contributed by atoms with Crippen LogP contribution in [0.2, 0.25) is 0 Å². The van der Waals surface area contributed by atoms with Crippen molar-refractivity contribution in [2.75, 3.05) is 44.2 Å². The molecular weight excluding hydrogens is 242 g/mol. The largest absolute Gasteiger partial charge is 0.395 e. The van der Waals surface area contributed by atoms with Crippen molar-refractivity contribution >= 4 is 11.7 Å². The fourth-order valence-corrected chi connectivity index (χ4v) is 2.32. The van der Waals surface area contributed by atoms with E-state index in [1.165, 1.54) is 0 Å². The number of nitrogens with one attached hydrogen (secondary N) is 1. The first kappa shape index (κ1) is 13.8. The number of hydrogen-bond acceptors (Lipinski definition) is 5. The number of anilines is 1. The molecule has 0 amide bonds. The fraction of sp³-hybridized carbons (Fsp3) is 0.538. The summed E-state index contributed by atoms with van der Waals surface area (Å²) in [6.45, 7) is 6.33. The number of amidine groups is 1. The van der Waals surface area contributed by atoms with Gasteiger partial charge in [-0.2, -0.15) is 0 Å². The Balaban J connectivity index is 2.14. The number of hydrogen-bond donors (Lipinski definition) is 3. The van der Waals surface area contributed by atoms with Gasteiger partial charge in [0.2, 0.25) is 0 Å². The predicted molar refractivity (Wildman–Crippen MR) is 75.7 cm³/mol. The van der Waals surface area contributed by atoms with Crippen LogP contribution in [0.5, 0.6) is 0 Å². The molecule has 2 heterocycles. The number of nitrogen functional groups attached to an aromatic ring is 1. The van der Waals surface area contributed by atoms with Crippen molar-refractivity contribution in [3.05, 3.63) is 23.4 Å². The maximum atomic E-state index is 8.94. The molecule has 6 heteroatoms. The molecule has 1 aliphatic rings. The van der Waals surface area contributed by atoms with Crippen LogP contribution in [0.25, 0.3) is 0 Å². The minimum Gasteiger partial charge on any atom is -0.395 e. The lowest BCUT2D eigenvalue weighted by atomic mass is 10.2. The van der Waals surface area contributed by atoms with Crippen LogP contribution in [0, 0.1) is 12.3 Å². The number of aliphatic hydroxyl groups is 1. The van der Waals surface area contributed by atoms with Gasteiger partial charge in [0.05, 0.1) is 12.2 Å². The molecule has 19 heavy (non-hydrogen) atoms.